The zero-order valence-corrected chi connectivity index (χ0v) is 14.9. The van der Waals surface area contributed by atoms with Crippen molar-refractivity contribution in [2.24, 2.45) is 0 Å². The van der Waals surface area contributed by atoms with Crippen LogP contribution in [-0.2, 0) is 6.54 Å². The second-order valence-electron chi connectivity index (χ2n) is 6.30. The predicted molar refractivity (Wildman–Crippen MR) is 100 cm³/mol. The van der Waals surface area contributed by atoms with Crippen molar-refractivity contribution in [3.8, 4) is 17.2 Å². The van der Waals surface area contributed by atoms with E-state index < -0.39 is 5.97 Å². The standard InChI is InChI=1S/C20H25NO5/c1-2-3-4-5-10-21(13-14-11-16(22)7-9-18(14)23)15-6-8-19(24)17(12-15)20(25)26/h6-9,11-12,22-24H,2-5,10,13H2,1H3,(H,25,26). The number of rotatable bonds is 9. The van der Waals surface area contributed by atoms with Crippen LogP contribution in [0.15, 0.2) is 36.4 Å². The third kappa shape index (κ3) is 5.05. The fourth-order valence-corrected chi connectivity index (χ4v) is 2.83. The van der Waals surface area contributed by atoms with E-state index in [0.29, 0.717) is 24.3 Å². The Balaban J connectivity index is 2.29. The van der Waals surface area contributed by atoms with Crippen molar-refractivity contribution in [3.63, 3.8) is 0 Å². The molecule has 6 nitrogen and oxygen atoms in total. The van der Waals surface area contributed by atoms with Crippen molar-refractivity contribution in [2.75, 3.05) is 11.4 Å². The molecule has 0 unspecified atom stereocenters. The molecule has 0 aromatic heterocycles. The fraction of sp³-hybridized carbons (Fsp3) is 0.350. The van der Waals surface area contributed by atoms with Gasteiger partial charge in [0.1, 0.15) is 22.8 Å². The highest BCUT2D eigenvalue weighted by atomic mass is 16.4. The Morgan fingerprint density at radius 1 is 0.962 bits per heavy atom. The number of benzene rings is 2. The van der Waals surface area contributed by atoms with Crippen molar-refractivity contribution in [2.45, 2.75) is 39.2 Å². The molecule has 26 heavy (non-hydrogen) atoms. The third-order valence-electron chi connectivity index (χ3n) is 4.28. The molecule has 140 valence electrons. The number of hydrogen-bond donors (Lipinski definition) is 4. The number of carboxylic acids is 1. The van der Waals surface area contributed by atoms with Gasteiger partial charge in [-0.1, -0.05) is 26.2 Å². The fourth-order valence-electron chi connectivity index (χ4n) is 2.83. The first kappa shape index (κ1) is 19.4. The van der Waals surface area contributed by atoms with Gasteiger partial charge in [0.2, 0.25) is 0 Å². The average molecular weight is 359 g/mol. The lowest BCUT2D eigenvalue weighted by Gasteiger charge is -2.26. The monoisotopic (exact) mass is 359 g/mol. The quantitative estimate of drug-likeness (QED) is 0.397. The van der Waals surface area contributed by atoms with Gasteiger partial charge in [-0.05, 0) is 42.8 Å². The summed E-state index contributed by atoms with van der Waals surface area (Å²) in [6.45, 7) is 3.11. The van der Waals surface area contributed by atoms with E-state index in [9.17, 15) is 25.2 Å². The van der Waals surface area contributed by atoms with Gasteiger partial charge < -0.3 is 25.3 Å². The maximum atomic E-state index is 11.3. The number of aromatic hydroxyl groups is 3. The molecule has 0 saturated heterocycles. The van der Waals surface area contributed by atoms with E-state index in [1.165, 1.54) is 30.3 Å². The van der Waals surface area contributed by atoms with Crippen LogP contribution in [0.3, 0.4) is 0 Å². The molecule has 0 aliphatic carbocycles. The molecule has 0 bridgehead atoms. The van der Waals surface area contributed by atoms with Crippen LogP contribution in [0.4, 0.5) is 5.69 Å². The molecule has 0 atom stereocenters. The van der Waals surface area contributed by atoms with Crippen molar-refractivity contribution < 1.29 is 25.2 Å². The largest absolute Gasteiger partial charge is 0.508 e. The Morgan fingerprint density at radius 2 is 1.69 bits per heavy atom. The molecule has 0 aliphatic rings. The van der Waals surface area contributed by atoms with Crippen LogP contribution in [0.2, 0.25) is 0 Å². The minimum atomic E-state index is -1.20. The normalized spacial score (nSPS) is 10.7. The van der Waals surface area contributed by atoms with Crippen molar-refractivity contribution in [1.29, 1.82) is 0 Å². The maximum absolute atomic E-state index is 11.3. The zero-order chi connectivity index (χ0) is 19.1. The molecule has 0 spiro atoms. The number of unbranched alkanes of at least 4 members (excludes halogenated alkanes) is 3. The van der Waals surface area contributed by atoms with Gasteiger partial charge in [-0.25, -0.2) is 4.79 Å². The molecule has 0 radical (unpaired) electrons. The minimum absolute atomic E-state index is 0.0562. The first-order chi connectivity index (χ1) is 12.4. The molecular weight excluding hydrogens is 334 g/mol. The summed E-state index contributed by atoms with van der Waals surface area (Å²) in [6, 6.07) is 8.78. The van der Waals surface area contributed by atoms with Crippen LogP contribution >= 0.6 is 0 Å². The molecule has 0 amide bonds. The van der Waals surface area contributed by atoms with E-state index in [1.807, 2.05) is 4.90 Å². The first-order valence-corrected chi connectivity index (χ1v) is 8.74. The number of anilines is 1. The highest BCUT2D eigenvalue weighted by Gasteiger charge is 2.15. The number of aromatic carboxylic acids is 1. The minimum Gasteiger partial charge on any atom is -0.508 e. The molecule has 6 heteroatoms. The van der Waals surface area contributed by atoms with Crippen LogP contribution in [0, 0.1) is 0 Å². The van der Waals surface area contributed by atoms with Gasteiger partial charge >= 0.3 is 5.97 Å². The second-order valence-corrected chi connectivity index (χ2v) is 6.30. The van der Waals surface area contributed by atoms with E-state index in [1.54, 1.807) is 6.07 Å². The highest BCUT2D eigenvalue weighted by Crippen LogP contribution is 2.29. The number of phenolic OH excluding ortho intramolecular Hbond substituents is 2. The predicted octanol–water partition coefficient (Wildman–Crippen LogP) is 4.09. The van der Waals surface area contributed by atoms with Crippen molar-refractivity contribution >= 4 is 11.7 Å². The van der Waals surface area contributed by atoms with Crippen LogP contribution in [-0.4, -0.2) is 32.9 Å². The van der Waals surface area contributed by atoms with Crippen molar-refractivity contribution in [1.82, 2.24) is 0 Å². The van der Waals surface area contributed by atoms with E-state index in [2.05, 4.69) is 6.92 Å². The summed E-state index contributed by atoms with van der Waals surface area (Å²) in [6.07, 6.45) is 4.18. The smallest absolute Gasteiger partial charge is 0.339 e. The second kappa shape index (κ2) is 8.99. The molecule has 2 aromatic rings. The molecular formula is C20H25NO5. The molecule has 4 N–H and O–H groups in total. The van der Waals surface area contributed by atoms with Gasteiger partial charge in [-0.15, -0.1) is 0 Å². The van der Waals surface area contributed by atoms with Gasteiger partial charge in [0.05, 0.1) is 0 Å². The lowest BCUT2D eigenvalue weighted by Crippen LogP contribution is -2.24. The van der Waals surface area contributed by atoms with E-state index >= 15 is 0 Å². The SMILES string of the molecule is CCCCCCN(Cc1cc(O)ccc1O)c1ccc(O)c(C(=O)O)c1. The Hall–Kier alpha value is -2.89. The summed E-state index contributed by atoms with van der Waals surface area (Å²) in [7, 11) is 0. The molecule has 0 heterocycles. The maximum Gasteiger partial charge on any atom is 0.339 e. The molecule has 0 saturated carbocycles. The molecule has 2 rings (SSSR count). The zero-order valence-electron chi connectivity index (χ0n) is 14.9. The van der Waals surface area contributed by atoms with Gasteiger partial charge in [0.25, 0.3) is 0 Å². The summed E-state index contributed by atoms with van der Waals surface area (Å²) in [4.78, 5) is 13.2. The van der Waals surface area contributed by atoms with E-state index in [4.69, 9.17) is 0 Å². The Morgan fingerprint density at radius 3 is 2.38 bits per heavy atom. The van der Waals surface area contributed by atoms with Gasteiger partial charge in [0.15, 0.2) is 0 Å². The van der Waals surface area contributed by atoms with E-state index in [-0.39, 0.29) is 22.8 Å². The highest BCUT2D eigenvalue weighted by molar-refractivity contribution is 5.92. The summed E-state index contributed by atoms with van der Waals surface area (Å²) in [5.41, 5.74) is 1.02. The summed E-state index contributed by atoms with van der Waals surface area (Å²) < 4.78 is 0. The number of nitrogens with zero attached hydrogens (tertiary/aromatic N) is 1. The lowest BCUT2D eigenvalue weighted by molar-refractivity contribution is 0.0693. The van der Waals surface area contributed by atoms with Crippen LogP contribution in [0.25, 0.3) is 0 Å². The topological polar surface area (TPSA) is 101 Å². The third-order valence-corrected chi connectivity index (χ3v) is 4.28. The Labute approximate surface area is 153 Å². The van der Waals surface area contributed by atoms with Gasteiger partial charge in [0, 0.05) is 24.3 Å². The lowest BCUT2D eigenvalue weighted by atomic mass is 10.1. The number of phenols is 3. The van der Waals surface area contributed by atoms with Crippen molar-refractivity contribution in [3.05, 3.63) is 47.5 Å². The molecule has 0 fully saturated rings. The summed E-state index contributed by atoms with van der Waals surface area (Å²) in [5, 5.41) is 38.7. The Kier molecular flexibility index (Phi) is 6.72. The van der Waals surface area contributed by atoms with Crippen LogP contribution in [0.1, 0.15) is 48.5 Å². The average Bonchev–Trinajstić information content (AvgIpc) is 2.61. The molecule has 0 aliphatic heterocycles. The van der Waals surface area contributed by atoms with Crippen LogP contribution in [0.5, 0.6) is 17.2 Å². The molecule has 2 aromatic carbocycles. The van der Waals surface area contributed by atoms with Gasteiger partial charge in [-0.2, -0.15) is 0 Å². The van der Waals surface area contributed by atoms with E-state index in [0.717, 1.165) is 25.7 Å². The number of hydrogen-bond acceptors (Lipinski definition) is 5. The summed E-state index contributed by atoms with van der Waals surface area (Å²) in [5.74, 6) is -1.36. The first-order valence-electron chi connectivity index (χ1n) is 8.74. The number of carboxylic acid groups (broad SMARTS) is 1. The Bertz CT molecular complexity index is 760. The summed E-state index contributed by atoms with van der Waals surface area (Å²) >= 11 is 0. The van der Waals surface area contributed by atoms with Crippen LogP contribution < -0.4 is 4.90 Å². The number of carbonyl (C=O) groups is 1. The van der Waals surface area contributed by atoms with Gasteiger partial charge in [-0.3, -0.25) is 0 Å².